The Labute approximate surface area is 173 Å². The van der Waals surface area contributed by atoms with Crippen molar-refractivity contribution < 1.29 is 9.47 Å². The molecule has 2 aromatic rings. The summed E-state index contributed by atoms with van der Waals surface area (Å²) in [7, 11) is 3.45. The van der Waals surface area contributed by atoms with Crippen molar-refractivity contribution in [1.82, 2.24) is 10.6 Å². The van der Waals surface area contributed by atoms with E-state index in [0.29, 0.717) is 13.2 Å². The second-order valence-electron chi connectivity index (χ2n) is 5.63. The Morgan fingerprint density at radius 2 is 1.69 bits per heavy atom. The fraction of sp³-hybridized carbons (Fsp3) is 0.350. The van der Waals surface area contributed by atoms with Crippen LogP contribution in [0.2, 0.25) is 0 Å². The largest absolute Gasteiger partial charge is 0.496 e. The van der Waals surface area contributed by atoms with Crippen LogP contribution in [0.25, 0.3) is 0 Å². The molecule has 0 radical (unpaired) electrons. The van der Waals surface area contributed by atoms with E-state index in [2.05, 4.69) is 28.6 Å². The van der Waals surface area contributed by atoms with Crippen LogP contribution in [0.15, 0.2) is 53.5 Å². The predicted octanol–water partition coefficient (Wildman–Crippen LogP) is 3.76. The van der Waals surface area contributed by atoms with Gasteiger partial charge in [0.2, 0.25) is 0 Å². The number of benzene rings is 2. The number of ether oxygens (including phenoxy) is 2. The van der Waals surface area contributed by atoms with E-state index in [1.807, 2.05) is 42.5 Å². The number of nitrogens with zero attached hydrogens (tertiary/aromatic N) is 1. The van der Waals surface area contributed by atoms with E-state index in [4.69, 9.17) is 9.47 Å². The average molecular weight is 469 g/mol. The van der Waals surface area contributed by atoms with Gasteiger partial charge in [0.15, 0.2) is 5.96 Å². The van der Waals surface area contributed by atoms with Crippen LogP contribution in [-0.4, -0.2) is 33.3 Å². The number of nitrogens with one attached hydrogen (secondary N) is 2. The van der Waals surface area contributed by atoms with E-state index in [0.717, 1.165) is 41.6 Å². The first-order valence-electron chi connectivity index (χ1n) is 8.49. The lowest BCUT2D eigenvalue weighted by Gasteiger charge is -2.14. The van der Waals surface area contributed by atoms with Crippen molar-refractivity contribution >= 4 is 29.9 Å². The first kappa shape index (κ1) is 22.1. The highest BCUT2D eigenvalue weighted by Gasteiger charge is 2.03. The first-order chi connectivity index (χ1) is 12.2. The second kappa shape index (κ2) is 12.4. The third-order valence-corrected chi connectivity index (χ3v) is 3.83. The topological polar surface area (TPSA) is 54.9 Å². The number of para-hydroxylation sites is 2. The maximum atomic E-state index is 5.79. The summed E-state index contributed by atoms with van der Waals surface area (Å²) in [4.78, 5) is 4.24. The molecule has 6 heteroatoms. The second-order valence-corrected chi connectivity index (χ2v) is 5.63. The van der Waals surface area contributed by atoms with Crippen molar-refractivity contribution in [2.75, 3.05) is 27.3 Å². The maximum absolute atomic E-state index is 5.79. The zero-order chi connectivity index (χ0) is 17.9. The van der Waals surface area contributed by atoms with Gasteiger partial charge >= 0.3 is 0 Å². The van der Waals surface area contributed by atoms with Gasteiger partial charge in [0.1, 0.15) is 11.5 Å². The predicted molar refractivity (Wildman–Crippen MR) is 118 cm³/mol. The third kappa shape index (κ3) is 7.11. The number of halogens is 1. The summed E-state index contributed by atoms with van der Waals surface area (Å²) in [5.41, 5.74) is 2.25. The van der Waals surface area contributed by atoms with E-state index in [1.165, 1.54) is 0 Å². The van der Waals surface area contributed by atoms with Crippen LogP contribution < -0.4 is 20.1 Å². The molecule has 0 spiro atoms. The maximum Gasteiger partial charge on any atom is 0.191 e. The third-order valence-electron chi connectivity index (χ3n) is 3.83. The van der Waals surface area contributed by atoms with Gasteiger partial charge < -0.3 is 20.1 Å². The lowest BCUT2D eigenvalue weighted by molar-refractivity contribution is 0.309. The molecule has 5 nitrogen and oxygen atoms in total. The van der Waals surface area contributed by atoms with E-state index >= 15 is 0 Å². The molecule has 0 fully saturated rings. The Bertz CT molecular complexity index is 692. The van der Waals surface area contributed by atoms with Gasteiger partial charge in [0.05, 0.1) is 13.7 Å². The van der Waals surface area contributed by atoms with Gasteiger partial charge in [-0.05, 0) is 31.0 Å². The number of rotatable bonds is 8. The summed E-state index contributed by atoms with van der Waals surface area (Å²) in [6.45, 7) is 4.17. The lowest BCUT2D eigenvalue weighted by atomic mass is 10.2. The molecule has 2 N–H and O–H groups in total. The molecule has 0 unspecified atom stereocenters. The summed E-state index contributed by atoms with van der Waals surface area (Å²) in [6.07, 6.45) is 0.893. The van der Waals surface area contributed by atoms with Gasteiger partial charge in [0.25, 0.3) is 0 Å². The fourth-order valence-electron chi connectivity index (χ4n) is 2.43. The van der Waals surface area contributed by atoms with Gasteiger partial charge in [0, 0.05) is 25.7 Å². The summed E-state index contributed by atoms with van der Waals surface area (Å²) in [5, 5.41) is 6.59. The summed E-state index contributed by atoms with van der Waals surface area (Å²) < 4.78 is 11.2. The molecule has 142 valence electrons. The molecule has 0 heterocycles. The van der Waals surface area contributed by atoms with Crippen LogP contribution in [-0.2, 0) is 6.54 Å². The van der Waals surface area contributed by atoms with Crippen molar-refractivity contribution in [3.05, 3.63) is 59.7 Å². The molecule has 0 aromatic heterocycles. The molecular formula is C20H28IN3O2. The molecule has 0 saturated carbocycles. The first-order valence-corrected chi connectivity index (χ1v) is 8.49. The Kier molecular flexibility index (Phi) is 10.5. The SMILES string of the molecule is CN=C(NCCCOc1ccccc1C)NCc1ccccc1OC.I. The summed E-state index contributed by atoms with van der Waals surface area (Å²) in [6, 6.07) is 16.0. The van der Waals surface area contributed by atoms with Gasteiger partial charge in [-0.1, -0.05) is 36.4 Å². The summed E-state index contributed by atoms with van der Waals surface area (Å²) in [5.74, 6) is 2.58. The number of aliphatic imine (C=N–C) groups is 1. The van der Waals surface area contributed by atoms with Crippen LogP contribution >= 0.6 is 24.0 Å². The van der Waals surface area contributed by atoms with Crippen LogP contribution in [0.3, 0.4) is 0 Å². The quantitative estimate of drug-likeness (QED) is 0.268. The highest BCUT2D eigenvalue weighted by Crippen LogP contribution is 2.17. The molecule has 2 rings (SSSR count). The molecule has 0 bridgehead atoms. The molecule has 26 heavy (non-hydrogen) atoms. The van der Waals surface area contributed by atoms with Crippen LogP contribution in [0.5, 0.6) is 11.5 Å². The molecule has 0 amide bonds. The Balaban J connectivity index is 0.00000338. The van der Waals surface area contributed by atoms with Gasteiger partial charge in [-0.15, -0.1) is 24.0 Å². The molecule has 2 aromatic carbocycles. The van der Waals surface area contributed by atoms with E-state index in [1.54, 1.807) is 14.2 Å². The molecule has 0 aliphatic heterocycles. The van der Waals surface area contributed by atoms with Crippen molar-refractivity contribution in [3.8, 4) is 11.5 Å². The number of methoxy groups -OCH3 is 1. The molecule has 0 atom stereocenters. The van der Waals surface area contributed by atoms with Crippen LogP contribution in [0.4, 0.5) is 0 Å². The minimum atomic E-state index is 0. The minimum Gasteiger partial charge on any atom is -0.496 e. The normalized spacial score (nSPS) is 10.7. The van der Waals surface area contributed by atoms with Gasteiger partial charge in [-0.3, -0.25) is 4.99 Å². The number of guanidine groups is 1. The average Bonchev–Trinajstić information content (AvgIpc) is 2.65. The van der Waals surface area contributed by atoms with Crippen LogP contribution in [0, 0.1) is 6.92 Å². The van der Waals surface area contributed by atoms with E-state index < -0.39 is 0 Å². The van der Waals surface area contributed by atoms with Crippen molar-refractivity contribution in [1.29, 1.82) is 0 Å². The number of hydrogen-bond donors (Lipinski definition) is 2. The standard InChI is InChI=1S/C20H27N3O2.HI/c1-16-9-4-6-11-18(16)25-14-8-13-22-20(21-2)23-15-17-10-5-7-12-19(17)24-3;/h4-7,9-12H,8,13-15H2,1-3H3,(H2,21,22,23);1H. The highest BCUT2D eigenvalue weighted by molar-refractivity contribution is 14.0. The Hall–Kier alpha value is -1.96. The van der Waals surface area contributed by atoms with Crippen LogP contribution in [0.1, 0.15) is 17.5 Å². The Morgan fingerprint density at radius 3 is 2.38 bits per heavy atom. The van der Waals surface area contributed by atoms with Crippen molar-refractivity contribution in [2.45, 2.75) is 19.9 Å². The molecule has 0 aliphatic carbocycles. The molecular weight excluding hydrogens is 441 g/mol. The van der Waals surface area contributed by atoms with Gasteiger partial charge in [-0.25, -0.2) is 0 Å². The Morgan fingerprint density at radius 1 is 1.00 bits per heavy atom. The fourth-order valence-corrected chi connectivity index (χ4v) is 2.43. The zero-order valence-corrected chi connectivity index (χ0v) is 17.9. The monoisotopic (exact) mass is 469 g/mol. The molecule has 0 aliphatic rings. The van der Waals surface area contributed by atoms with E-state index in [9.17, 15) is 0 Å². The van der Waals surface area contributed by atoms with Crippen molar-refractivity contribution in [3.63, 3.8) is 0 Å². The van der Waals surface area contributed by atoms with Gasteiger partial charge in [-0.2, -0.15) is 0 Å². The summed E-state index contributed by atoms with van der Waals surface area (Å²) >= 11 is 0. The smallest absolute Gasteiger partial charge is 0.191 e. The number of hydrogen-bond acceptors (Lipinski definition) is 3. The molecule has 0 saturated heterocycles. The highest BCUT2D eigenvalue weighted by atomic mass is 127. The zero-order valence-electron chi connectivity index (χ0n) is 15.6. The number of aryl methyl sites for hydroxylation is 1. The van der Waals surface area contributed by atoms with E-state index in [-0.39, 0.29) is 24.0 Å². The minimum absolute atomic E-state index is 0. The van der Waals surface area contributed by atoms with Crippen molar-refractivity contribution in [2.24, 2.45) is 4.99 Å². The lowest BCUT2D eigenvalue weighted by Crippen LogP contribution is -2.37.